The second kappa shape index (κ2) is 10.2. The van der Waals surface area contributed by atoms with E-state index in [2.05, 4.69) is 10.6 Å². The van der Waals surface area contributed by atoms with Gasteiger partial charge in [0.15, 0.2) is 18.1 Å². The van der Waals surface area contributed by atoms with Gasteiger partial charge in [-0.1, -0.05) is 47.0 Å². The highest BCUT2D eigenvalue weighted by molar-refractivity contribution is 6.42. The van der Waals surface area contributed by atoms with Crippen LogP contribution in [-0.4, -0.2) is 19.6 Å². The van der Waals surface area contributed by atoms with E-state index >= 15 is 0 Å². The van der Waals surface area contributed by atoms with E-state index in [0.29, 0.717) is 28.1 Å². The first-order chi connectivity index (χ1) is 14.4. The molecule has 0 saturated carbocycles. The summed E-state index contributed by atoms with van der Waals surface area (Å²) in [7, 11) is 1.56. The van der Waals surface area contributed by atoms with E-state index in [4.69, 9.17) is 32.7 Å². The molecule has 156 valence electrons. The van der Waals surface area contributed by atoms with Gasteiger partial charge in [0.05, 0.1) is 17.2 Å². The fourth-order valence-electron chi connectivity index (χ4n) is 2.73. The second-order valence-corrected chi connectivity index (χ2v) is 7.48. The van der Waals surface area contributed by atoms with Gasteiger partial charge < -0.3 is 20.1 Å². The highest BCUT2D eigenvalue weighted by Crippen LogP contribution is 2.29. The Morgan fingerprint density at radius 1 is 0.900 bits per heavy atom. The lowest BCUT2D eigenvalue weighted by Crippen LogP contribution is -2.20. The zero-order chi connectivity index (χ0) is 21.5. The van der Waals surface area contributed by atoms with Gasteiger partial charge in [-0.2, -0.15) is 0 Å². The number of benzene rings is 3. The second-order valence-electron chi connectivity index (χ2n) is 6.67. The van der Waals surface area contributed by atoms with Gasteiger partial charge in [0.25, 0.3) is 5.91 Å². The summed E-state index contributed by atoms with van der Waals surface area (Å²) in [5.41, 5.74) is 3.69. The predicted octanol–water partition coefficient (Wildman–Crippen LogP) is 5.94. The van der Waals surface area contributed by atoms with Crippen LogP contribution in [0, 0.1) is 6.92 Å². The predicted molar refractivity (Wildman–Crippen MR) is 122 cm³/mol. The molecular formula is C23H22Cl2N2O3. The van der Waals surface area contributed by atoms with Crippen molar-refractivity contribution in [1.29, 1.82) is 0 Å². The van der Waals surface area contributed by atoms with E-state index in [1.165, 1.54) is 0 Å². The highest BCUT2D eigenvalue weighted by atomic mass is 35.5. The number of ether oxygens (including phenoxy) is 2. The molecule has 0 fully saturated rings. The quantitative estimate of drug-likeness (QED) is 0.451. The van der Waals surface area contributed by atoms with Crippen LogP contribution in [0.2, 0.25) is 10.0 Å². The van der Waals surface area contributed by atoms with Crippen molar-refractivity contribution in [2.24, 2.45) is 0 Å². The molecule has 0 spiro atoms. The minimum atomic E-state index is -0.244. The molecule has 3 rings (SSSR count). The summed E-state index contributed by atoms with van der Waals surface area (Å²) in [6.45, 7) is 2.43. The fraction of sp³-hybridized carbons (Fsp3) is 0.174. The number of aryl methyl sites for hydroxylation is 1. The lowest BCUT2D eigenvalue weighted by molar-refractivity contribution is -0.118. The first kappa shape index (κ1) is 21.8. The third kappa shape index (κ3) is 6.05. The number of halogens is 2. The Morgan fingerprint density at radius 2 is 1.63 bits per heavy atom. The molecular weight excluding hydrogens is 423 g/mol. The van der Waals surface area contributed by atoms with Crippen LogP contribution < -0.4 is 20.1 Å². The number of carbonyl (C=O) groups is 1. The average Bonchev–Trinajstić information content (AvgIpc) is 2.75. The van der Waals surface area contributed by atoms with Crippen molar-refractivity contribution in [3.05, 3.63) is 81.8 Å². The molecule has 7 heteroatoms. The van der Waals surface area contributed by atoms with Crippen molar-refractivity contribution in [2.45, 2.75) is 13.5 Å². The number of anilines is 2. The molecule has 3 aromatic rings. The SMILES string of the molecule is COc1cc(CNc2ccc(Cl)c(Cl)c2)ccc1OCC(=O)Nc1ccc(C)cc1. The maximum absolute atomic E-state index is 12.1. The van der Waals surface area contributed by atoms with Crippen LogP contribution in [0.25, 0.3) is 0 Å². The van der Waals surface area contributed by atoms with Crippen LogP contribution in [-0.2, 0) is 11.3 Å². The third-order valence-electron chi connectivity index (χ3n) is 4.34. The Hall–Kier alpha value is -2.89. The molecule has 0 aliphatic rings. The lowest BCUT2D eigenvalue weighted by atomic mass is 10.2. The van der Waals surface area contributed by atoms with Gasteiger partial charge in [-0.3, -0.25) is 4.79 Å². The van der Waals surface area contributed by atoms with Gasteiger partial charge in [0.2, 0.25) is 0 Å². The summed E-state index contributed by atoms with van der Waals surface area (Å²) in [4.78, 5) is 12.1. The summed E-state index contributed by atoms with van der Waals surface area (Å²) >= 11 is 12.0. The number of hydrogen-bond donors (Lipinski definition) is 2. The van der Waals surface area contributed by atoms with Gasteiger partial charge in [-0.05, 0) is 55.0 Å². The summed E-state index contributed by atoms with van der Waals surface area (Å²) in [5.74, 6) is 0.799. The Balaban J connectivity index is 1.57. The Bertz CT molecular complexity index is 1020. The zero-order valence-electron chi connectivity index (χ0n) is 16.7. The van der Waals surface area contributed by atoms with E-state index in [0.717, 1.165) is 22.5 Å². The Labute approximate surface area is 185 Å². The number of carbonyl (C=O) groups excluding carboxylic acids is 1. The monoisotopic (exact) mass is 444 g/mol. The topological polar surface area (TPSA) is 59.6 Å². The van der Waals surface area contributed by atoms with E-state index in [1.807, 2.05) is 49.4 Å². The van der Waals surface area contributed by atoms with E-state index in [-0.39, 0.29) is 12.5 Å². The molecule has 0 bridgehead atoms. The third-order valence-corrected chi connectivity index (χ3v) is 5.08. The first-order valence-electron chi connectivity index (χ1n) is 9.30. The molecule has 1 amide bonds. The van der Waals surface area contributed by atoms with Crippen LogP contribution in [0.4, 0.5) is 11.4 Å². The molecule has 0 heterocycles. The average molecular weight is 445 g/mol. The van der Waals surface area contributed by atoms with Crippen molar-refractivity contribution in [3.63, 3.8) is 0 Å². The number of amides is 1. The molecule has 30 heavy (non-hydrogen) atoms. The normalized spacial score (nSPS) is 10.4. The molecule has 0 unspecified atom stereocenters. The van der Waals surface area contributed by atoms with Crippen molar-refractivity contribution in [1.82, 2.24) is 0 Å². The lowest BCUT2D eigenvalue weighted by Gasteiger charge is -2.13. The van der Waals surface area contributed by atoms with E-state index < -0.39 is 0 Å². The Morgan fingerprint density at radius 3 is 2.33 bits per heavy atom. The van der Waals surface area contributed by atoms with Crippen LogP contribution in [0.15, 0.2) is 60.7 Å². The van der Waals surface area contributed by atoms with Crippen molar-refractivity contribution >= 4 is 40.5 Å². The maximum atomic E-state index is 12.1. The summed E-state index contributed by atoms with van der Waals surface area (Å²) < 4.78 is 11.1. The highest BCUT2D eigenvalue weighted by Gasteiger charge is 2.09. The summed E-state index contributed by atoms with van der Waals surface area (Å²) in [6.07, 6.45) is 0. The molecule has 0 aliphatic carbocycles. The molecule has 0 radical (unpaired) electrons. The molecule has 0 aliphatic heterocycles. The number of hydrogen-bond acceptors (Lipinski definition) is 4. The largest absolute Gasteiger partial charge is 0.493 e. The van der Waals surface area contributed by atoms with Gasteiger partial charge in [0, 0.05) is 17.9 Å². The molecule has 3 aromatic carbocycles. The van der Waals surface area contributed by atoms with E-state index in [1.54, 1.807) is 25.3 Å². The van der Waals surface area contributed by atoms with Crippen LogP contribution in [0.3, 0.4) is 0 Å². The van der Waals surface area contributed by atoms with Gasteiger partial charge in [-0.25, -0.2) is 0 Å². The fourth-order valence-corrected chi connectivity index (χ4v) is 3.03. The Kier molecular flexibility index (Phi) is 7.44. The van der Waals surface area contributed by atoms with Crippen LogP contribution in [0.5, 0.6) is 11.5 Å². The van der Waals surface area contributed by atoms with Crippen molar-refractivity contribution in [2.75, 3.05) is 24.4 Å². The van der Waals surface area contributed by atoms with E-state index in [9.17, 15) is 4.79 Å². The number of methoxy groups -OCH3 is 1. The minimum Gasteiger partial charge on any atom is -0.493 e. The molecule has 0 atom stereocenters. The molecule has 0 saturated heterocycles. The minimum absolute atomic E-state index is 0.120. The standard InChI is InChI=1S/C23H22Cl2N2O3/c1-15-3-6-17(7-4-15)27-23(28)14-30-21-10-5-16(11-22(21)29-2)13-26-18-8-9-19(24)20(25)12-18/h3-12,26H,13-14H2,1-2H3,(H,27,28). The number of nitrogens with one attached hydrogen (secondary N) is 2. The zero-order valence-corrected chi connectivity index (χ0v) is 18.2. The van der Waals surface area contributed by atoms with Crippen molar-refractivity contribution < 1.29 is 14.3 Å². The summed E-state index contributed by atoms with van der Waals surface area (Å²) in [6, 6.07) is 18.5. The smallest absolute Gasteiger partial charge is 0.262 e. The van der Waals surface area contributed by atoms with Gasteiger partial charge in [0.1, 0.15) is 0 Å². The maximum Gasteiger partial charge on any atom is 0.262 e. The van der Waals surface area contributed by atoms with Crippen molar-refractivity contribution in [3.8, 4) is 11.5 Å². The van der Waals surface area contributed by atoms with Crippen LogP contribution >= 0.6 is 23.2 Å². The van der Waals surface area contributed by atoms with Gasteiger partial charge in [-0.15, -0.1) is 0 Å². The molecule has 0 aromatic heterocycles. The molecule has 2 N–H and O–H groups in total. The molecule has 5 nitrogen and oxygen atoms in total. The van der Waals surface area contributed by atoms with Gasteiger partial charge >= 0.3 is 0 Å². The number of rotatable bonds is 8. The summed E-state index contributed by atoms with van der Waals surface area (Å²) in [5, 5.41) is 7.08. The first-order valence-corrected chi connectivity index (χ1v) is 10.1. The van der Waals surface area contributed by atoms with Crippen LogP contribution in [0.1, 0.15) is 11.1 Å².